The van der Waals surface area contributed by atoms with E-state index >= 15 is 0 Å². The third kappa shape index (κ3) is 4.30. The summed E-state index contributed by atoms with van der Waals surface area (Å²) in [5.41, 5.74) is 4.01. The number of hydrogen-bond acceptors (Lipinski definition) is 4. The molecule has 27 heavy (non-hydrogen) atoms. The average Bonchev–Trinajstić information content (AvgIpc) is 3.06. The first-order valence-electron chi connectivity index (χ1n) is 8.51. The van der Waals surface area contributed by atoms with E-state index in [1.54, 1.807) is 0 Å². The van der Waals surface area contributed by atoms with E-state index in [2.05, 4.69) is 24.4 Å². The molecular formula is C22H17ClN2OS. The van der Waals surface area contributed by atoms with Crippen molar-refractivity contribution in [1.82, 2.24) is 4.98 Å². The van der Waals surface area contributed by atoms with Crippen LogP contribution in [0.25, 0.3) is 11.3 Å². The molecule has 4 rings (SSSR count). The van der Waals surface area contributed by atoms with Crippen LogP contribution in [-0.4, -0.2) is 4.98 Å². The lowest BCUT2D eigenvalue weighted by Crippen LogP contribution is -1.90. The molecule has 0 spiro atoms. The van der Waals surface area contributed by atoms with Crippen LogP contribution in [0, 0.1) is 6.92 Å². The molecule has 0 aliphatic rings. The number of rotatable bonds is 5. The quantitative estimate of drug-likeness (QED) is 0.386. The van der Waals surface area contributed by atoms with Crippen LogP contribution >= 0.6 is 22.9 Å². The monoisotopic (exact) mass is 392 g/mol. The highest BCUT2D eigenvalue weighted by Crippen LogP contribution is 2.41. The molecule has 5 heteroatoms. The molecule has 0 amide bonds. The molecule has 0 saturated carbocycles. The second-order valence-electron chi connectivity index (χ2n) is 6.07. The van der Waals surface area contributed by atoms with Gasteiger partial charge in [-0.3, -0.25) is 0 Å². The molecule has 1 heterocycles. The Hall–Kier alpha value is -2.82. The first kappa shape index (κ1) is 17.6. The van der Waals surface area contributed by atoms with Crippen LogP contribution in [0.4, 0.5) is 10.8 Å². The van der Waals surface area contributed by atoms with E-state index in [1.165, 1.54) is 16.9 Å². The van der Waals surface area contributed by atoms with E-state index in [1.807, 2.05) is 66.7 Å². The minimum Gasteiger partial charge on any atom is -0.444 e. The topological polar surface area (TPSA) is 34.2 Å². The van der Waals surface area contributed by atoms with Crippen LogP contribution in [0.5, 0.6) is 10.8 Å². The predicted octanol–water partition coefficient (Wildman–Crippen LogP) is 7.31. The zero-order valence-corrected chi connectivity index (χ0v) is 16.2. The molecule has 0 bridgehead atoms. The Bertz CT molecular complexity index is 1050. The average molecular weight is 393 g/mol. The van der Waals surface area contributed by atoms with Crippen molar-refractivity contribution in [2.24, 2.45) is 0 Å². The van der Waals surface area contributed by atoms with Crippen LogP contribution in [-0.2, 0) is 0 Å². The highest BCUT2D eigenvalue weighted by atomic mass is 35.5. The smallest absolute Gasteiger partial charge is 0.210 e. The van der Waals surface area contributed by atoms with Crippen LogP contribution in [0.1, 0.15) is 5.56 Å². The summed E-state index contributed by atoms with van der Waals surface area (Å²) in [4.78, 5) is 4.78. The number of halogens is 1. The number of thiazole rings is 1. The summed E-state index contributed by atoms with van der Waals surface area (Å²) in [5, 5.41) is 5.57. The van der Waals surface area contributed by atoms with Gasteiger partial charge in [-0.1, -0.05) is 65.4 Å². The van der Waals surface area contributed by atoms with Crippen LogP contribution in [0.3, 0.4) is 0 Å². The van der Waals surface area contributed by atoms with E-state index in [4.69, 9.17) is 21.3 Å². The standard InChI is InChI=1S/C22H17ClN2OS/c1-15-6-5-9-18(14-15)24-22-25-20(16-7-3-2-4-8-16)21(27-22)26-19-12-10-17(23)11-13-19/h2-14H,1H3,(H,24,25). The molecular weight excluding hydrogens is 376 g/mol. The number of hydrogen-bond donors (Lipinski definition) is 1. The molecule has 0 fully saturated rings. The molecule has 0 unspecified atom stereocenters. The predicted molar refractivity (Wildman–Crippen MR) is 114 cm³/mol. The van der Waals surface area contributed by atoms with Crippen molar-refractivity contribution in [3.63, 3.8) is 0 Å². The molecule has 134 valence electrons. The number of anilines is 2. The zero-order valence-electron chi connectivity index (χ0n) is 14.6. The van der Waals surface area contributed by atoms with Crippen molar-refractivity contribution < 1.29 is 4.74 Å². The fraction of sp³-hybridized carbons (Fsp3) is 0.0455. The summed E-state index contributed by atoms with van der Waals surface area (Å²) in [6.07, 6.45) is 0. The number of nitrogens with zero attached hydrogens (tertiary/aromatic N) is 1. The van der Waals surface area contributed by atoms with Gasteiger partial charge in [-0.2, -0.15) is 0 Å². The van der Waals surface area contributed by atoms with Crippen molar-refractivity contribution in [3.8, 4) is 22.1 Å². The summed E-state index contributed by atoms with van der Waals surface area (Å²) in [6, 6.07) is 25.6. The minimum absolute atomic E-state index is 0.678. The number of aryl methyl sites for hydroxylation is 1. The Morgan fingerprint density at radius 2 is 1.70 bits per heavy atom. The third-order valence-corrected chi connectivity index (χ3v) is 5.04. The fourth-order valence-corrected chi connectivity index (χ4v) is 3.67. The van der Waals surface area contributed by atoms with Crippen molar-refractivity contribution in [2.75, 3.05) is 5.32 Å². The molecule has 0 saturated heterocycles. The van der Waals surface area contributed by atoms with Gasteiger partial charge < -0.3 is 10.1 Å². The van der Waals surface area contributed by atoms with Gasteiger partial charge in [-0.15, -0.1) is 0 Å². The molecule has 0 aliphatic carbocycles. The maximum atomic E-state index is 6.12. The Morgan fingerprint density at radius 3 is 2.44 bits per heavy atom. The number of benzene rings is 3. The van der Waals surface area contributed by atoms with Crippen LogP contribution in [0.15, 0.2) is 78.9 Å². The van der Waals surface area contributed by atoms with E-state index in [0.29, 0.717) is 5.02 Å². The Labute approximate surface area is 167 Å². The normalized spacial score (nSPS) is 10.6. The summed E-state index contributed by atoms with van der Waals surface area (Å²) in [6.45, 7) is 2.07. The van der Waals surface area contributed by atoms with Gasteiger partial charge >= 0.3 is 0 Å². The van der Waals surface area contributed by atoms with E-state index in [0.717, 1.165) is 32.9 Å². The Kier molecular flexibility index (Phi) is 5.10. The number of ether oxygens (including phenoxy) is 1. The first-order valence-corrected chi connectivity index (χ1v) is 9.70. The van der Waals surface area contributed by atoms with Gasteiger partial charge in [0.15, 0.2) is 5.13 Å². The van der Waals surface area contributed by atoms with Gasteiger partial charge in [0.1, 0.15) is 11.4 Å². The second kappa shape index (κ2) is 7.82. The lowest BCUT2D eigenvalue weighted by molar-refractivity contribution is 0.497. The van der Waals surface area contributed by atoms with E-state index < -0.39 is 0 Å². The van der Waals surface area contributed by atoms with Gasteiger partial charge in [-0.25, -0.2) is 4.98 Å². The third-order valence-electron chi connectivity index (χ3n) is 3.94. The van der Waals surface area contributed by atoms with Crippen molar-refractivity contribution in [1.29, 1.82) is 0 Å². The van der Waals surface area contributed by atoms with E-state index in [-0.39, 0.29) is 0 Å². The maximum absolute atomic E-state index is 6.12. The molecule has 3 aromatic carbocycles. The van der Waals surface area contributed by atoms with Crippen molar-refractivity contribution in [3.05, 3.63) is 89.4 Å². The molecule has 4 aromatic rings. The number of aromatic nitrogens is 1. The van der Waals surface area contributed by atoms with Gasteiger partial charge in [0.25, 0.3) is 0 Å². The fourth-order valence-electron chi connectivity index (χ4n) is 2.66. The SMILES string of the molecule is Cc1cccc(Nc2nc(-c3ccccc3)c(Oc3ccc(Cl)cc3)s2)c1. The van der Waals surface area contributed by atoms with E-state index in [9.17, 15) is 0 Å². The summed E-state index contributed by atoms with van der Waals surface area (Å²) < 4.78 is 6.12. The summed E-state index contributed by atoms with van der Waals surface area (Å²) in [7, 11) is 0. The summed E-state index contributed by atoms with van der Waals surface area (Å²) in [5.74, 6) is 0.724. The Morgan fingerprint density at radius 1 is 0.926 bits per heavy atom. The molecule has 0 atom stereocenters. The molecule has 1 aromatic heterocycles. The summed E-state index contributed by atoms with van der Waals surface area (Å²) >= 11 is 7.45. The number of nitrogens with one attached hydrogen (secondary N) is 1. The lowest BCUT2D eigenvalue weighted by Gasteiger charge is -2.05. The van der Waals surface area contributed by atoms with Gasteiger partial charge in [0.05, 0.1) is 0 Å². The van der Waals surface area contributed by atoms with Gasteiger partial charge in [0, 0.05) is 16.3 Å². The van der Waals surface area contributed by atoms with Gasteiger partial charge in [0.2, 0.25) is 5.06 Å². The maximum Gasteiger partial charge on any atom is 0.210 e. The van der Waals surface area contributed by atoms with Gasteiger partial charge in [-0.05, 0) is 48.9 Å². The highest BCUT2D eigenvalue weighted by Gasteiger charge is 2.16. The van der Waals surface area contributed by atoms with Crippen LogP contribution < -0.4 is 10.1 Å². The van der Waals surface area contributed by atoms with Crippen LogP contribution in [0.2, 0.25) is 5.02 Å². The lowest BCUT2D eigenvalue weighted by atomic mass is 10.2. The largest absolute Gasteiger partial charge is 0.444 e. The molecule has 1 N–H and O–H groups in total. The second-order valence-corrected chi connectivity index (χ2v) is 7.47. The molecule has 3 nitrogen and oxygen atoms in total. The highest BCUT2D eigenvalue weighted by molar-refractivity contribution is 7.18. The zero-order chi connectivity index (χ0) is 18.6. The Balaban J connectivity index is 1.69. The van der Waals surface area contributed by atoms with Crippen molar-refractivity contribution >= 4 is 33.8 Å². The van der Waals surface area contributed by atoms with Crippen molar-refractivity contribution in [2.45, 2.75) is 6.92 Å². The minimum atomic E-state index is 0.678. The molecule has 0 aliphatic heterocycles. The first-order chi connectivity index (χ1) is 13.2. The molecule has 0 radical (unpaired) electrons.